The molecular formula is C13H10N2O4S2. The monoisotopic (exact) mass is 322 g/mol. The topological polar surface area (TPSA) is 88.7 Å². The summed E-state index contributed by atoms with van der Waals surface area (Å²) < 4.78 is 24.5. The lowest BCUT2D eigenvalue weighted by atomic mass is 10.2. The lowest BCUT2D eigenvalue weighted by molar-refractivity contribution is 0.0701. The maximum atomic E-state index is 11.4. The molecular weight excluding hydrogens is 312 g/mol. The summed E-state index contributed by atoms with van der Waals surface area (Å²) in [6, 6.07) is 6.42. The van der Waals surface area contributed by atoms with Gasteiger partial charge in [-0.15, -0.1) is 0 Å². The van der Waals surface area contributed by atoms with Crippen molar-refractivity contribution in [3.05, 3.63) is 41.5 Å². The normalized spacial score (nSPS) is 11.9. The lowest BCUT2D eigenvalue weighted by Gasteiger charge is -1.99. The largest absolute Gasteiger partial charge is 0.477 e. The Kier molecular flexibility index (Phi) is 3.07. The zero-order valence-corrected chi connectivity index (χ0v) is 12.5. The number of benzene rings is 1. The van der Waals surface area contributed by atoms with Gasteiger partial charge in [0.15, 0.2) is 14.8 Å². The molecule has 6 nitrogen and oxygen atoms in total. The first-order valence-corrected chi connectivity index (χ1v) is 8.58. The van der Waals surface area contributed by atoms with Crippen LogP contribution in [0, 0.1) is 0 Å². The fraction of sp³-hybridized carbons (Fsp3) is 0.0769. The van der Waals surface area contributed by atoms with Crippen molar-refractivity contribution in [3.8, 4) is 11.3 Å². The zero-order valence-electron chi connectivity index (χ0n) is 10.8. The van der Waals surface area contributed by atoms with Gasteiger partial charge >= 0.3 is 5.97 Å². The Morgan fingerprint density at radius 1 is 1.24 bits per heavy atom. The van der Waals surface area contributed by atoms with Crippen LogP contribution in [0.2, 0.25) is 0 Å². The molecule has 0 amide bonds. The third kappa shape index (κ3) is 2.55. The average Bonchev–Trinajstić information content (AvgIpc) is 2.95. The number of aromatic nitrogens is 2. The quantitative estimate of drug-likeness (QED) is 0.798. The fourth-order valence-electron chi connectivity index (χ4n) is 1.91. The van der Waals surface area contributed by atoms with Gasteiger partial charge in [0, 0.05) is 24.2 Å². The summed E-state index contributed by atoms with van der Waals surface area (Å²) in [6.07, 6.45) is 4.37. The Morgan fingerprint density at radius 2 is 1.90 bits per heavy atom. The summed E-state index contributed by atoms with van der Waals surface area (Å²) in [5.74, 6) is -0.982. The Morgan fingerprint density at radius 3 is 2.43 bits per heavy atom. The highest BCUT2D eigenvalue weighted by atomic mass is 32.2. The van der Waals surface area contributed by atoms with E-state index in [-0.39, 0.29) is 9.77 Å². The molecule has 1 N–H and O–H groups in total. The van der Waals surface area contributed by atoms with E-state index in [0.29, 0.717) is 10.7 Å². The van der Waals surface area contributed by atoms with E-state index in [4.69, 9.17) is 5.11 Å². The van der Waals surface area contributed by atoms with Crippen LogP contribution >= 0.6 is 11.3 Å². The number of imidazole rings is 1. The molecule has 0 spiro atoms. The molecule has 0 aliphatic carbocycles. The third-order valence-corrected chi connectivity index (χ3v) is 5.06. The molecule has 1 aromatic carbocycles. The van der Waals surface area contributed by atoms with Crippen LogP contribution in [0.4, 0.5) is 0 Å². The molecule has 0 bridgehead atoms. The van der Waals surface area contributed by atoms with Crippen molar-refractivity contribution in [2.45, 2.75) is 4.90 Å². The molecule has 0 aliphatic heterocycles. The minimum atomic E-state index is -3.22. The van der Waals surface area contributed by atoms with Crippen LogP contribution in [0.5, 0.6) is 0 Å². The zero-order chi connectivity index (χ0) is 15.2. The van der Waals surface area contributed by atoms with Crippen LogP contribution in [-0.4, -0.2) is 35.1 Å². The van der Waals surface area contributed by atoms with Crippen LogP contribution in [0.25, 0.3) is 16.2 Å². The van der Waals surface area contributed by atoms with Crippen molar-refractivity contribution < 1.29 is 18.3 Å². The average molecular weight is 322 g/mol. The predicted molar refractivity (Wildman–Crippen MR) is 78.6 cm³/mol. The second-order valence-electron chi connectivity index (χ2n) is 4.51. The van der Waals surface area contributed by atoms with Gasteiger partial charge in [0.2, 0.25) is 0 Å². The van der Waals surface area contributed by atoms with Gasteiger partial charge in [-0.25, -0.2) is 18.2 Å². The second-order valence-corrected chi connectivity index (χ2v) is 7.54. The number of aromatic carboxylic acids is 1. The molecule has 0 fully saturated rings. The molecule has 3 rings (SSSR count). The number of fused-ring (bicyclic) bond motifs is 1. The van der Waals surface area contributed by atoms with Gasteiger partial charge in [0.1, 0.15) is 4.88 Å². The van der Waals surface area contributed by atoms with E-state index in [1.807, 2.05) is 0 Å². The van der Waals surface area contributed by atoms with Crippen LogP contribution in [-0.2, 0) is 9.84 Å². The highest BCUT2D eigenvalue weighted by Crippen LogP contribution is 2.25. The van der Waals surface area contributed by atoms with Gasteiger partial charge in [-0.05, 0) is 12.1 Å². The third-order valence-electron chi connectivity index (χ3n) is 2.94. The first-order valence-electron chi connectivity index (χ1n) is 5.87. The number of sulfone groups is 1. The van der Waals surface area contributed by atoms with E-state index in [0.717, 1.165) is 23.2 Å². The number of hydrogen-bond acceptors (Lipinski definition) is 5. The Balaban J connectivity index is 2.00. The van der Waals surface area contributed by atoms with Crippen molar-refractivity contribution in [3.63, 3.8) is 0 Å². The maximum absolute atomic E-state index is 11.4. The standard InChI is InChI=1S/C13H10N2O4S2/c1-21(18,19)9-4-2-8(3-5-9)10-6-15-7-11(12(16)17)20-13(15)14-10/h2-7H,1H3,(H,16,17). The molecule has 0 aliphatic rings. The summed E-state index contributed by atoms with van der Waals surface area (Å²) in [6.45, 7) is 0. The van der Waals surface area contributed by atoms with E-state index in [2.05, 4.69) is 4.98 Å². The molecule has 0 saturated heterocycles. The number of nitrogens with zero attached hydrogens (tertiary/aromatic N) is 2. The molecule has 0 radical (unpaired) electrons. The van der Waals surface area contributed by atoms with Crippen molar-refractivity contribution in [2.24, 2.45) is 0 Å². The van der Waals surface area contributed by atoms with Gasteiger partial charge in [0.05, 0.1) is 10.6 Å². The highest BCUT2D eigenvalue weighted by molar-refractivity contribution is 7.90. The number of carboxylic acid groups (broad SMARTS) is 1. The fourth-order valence-corrected chi connectivity index (χ4v) is 3.34. The molecule has 0 unspecified atom stereocenters. The summed E-state index contributed by atoms with van der Waals surface area (Å²) >= 11 is 1.08. The van der Waals surface area contributed by atoms with Crippen LogP contribution < -0.4 is 0 Å². The van der Waals surface area contributed by atoms with Gasteiger partial charge in [-0.2, -0.15) is 0 Å². The van der Waals surface area contributed by atoms with Gasteiger partial charge in [0.25, 0.3) is 0 Å². The first-order chi connectivity index (χ1) is 9.84. The smallest absolute Gasteiger partial charge is 0.347 e. The Labute approximate surface area is 124 Å². The number of rotatable bonds is 3. The number of hydrogen-bond donors (Lipinski definition) is 1. The summed E-state index contributed by atoms with van der Waals surface area (Å²) in [5.41, 5.74) is 1.44. The van der Waals surface area contributed by atoms with Gasteiger partial charge in [-0.3, -0.25) is 4.40 Å². The van der Waals surface area contributed by atoms with Crippen molar-refractivity contribution in [1.82, 2.24) is 9.38 Å². The highest BCUT2D eigenvalue weighted by Gasteiger charge is 2.13. The summed E-state index contributed by atoms with van der Waals surface area (Å²) in [4.78, 5) is 16.3. The molecule has 108 valence electrons. The minimum Gasteiger partial charge on any atom is -0.477 e. The van der Waals surface area contributed by atoms with E-state index in [9.17, 15) is 13.2 Å². The molecule has 21 heavy (non-hydrogen) atoms. The van der Waals surface area contributed by atoms with E-state index >= 15 is 0 Å². The summed E-state index contributed by atoms with van der Waals surface area (Å²) in [5, 5.41) is 8.91. The van der Waals surface area contributed by atoms with E-state index in [1.165, 1.54) is 18.3 Å². The lowest BCUT2D eigenvalue weighted by Crippen LogP contribution is -1.96. The van der Waals surface area contributed by atoms with E-state index < -0.39 is 15.8 Å². The van der Waals surface area contributed by atoms with E-state index in [1.54, 1.807) is 22.7 Å². The summed E-state index contributed by atoms with van der Waals surface area (Å²) in [7, 11) is -3.22. The van der Waals surface area contributed by atoms with Crippen LogP contribution in [0.15, 0.2) is 41.6 Å². The molecule has 0 atom stereocenters. The molecule has 2 heterocycles. The first kappa shape index (κ1) is 13.8. The SMILES string of the molecule is CS(=O)(=O)c1ccc(-c2cn3cc(C(=O)O)sc3n2)cc1. The van der Waals surface area contributed by atoms with Crippen LogP contribution in [0.3, 0.4) is 0 Å². The Hall–Kier alpha value is -2.19. The molecule has 8 heteroatoms. The van der Waals surface area contributed by atoms with Crippen molar-refractivity contribution >= 4 is 32.1 Å². The maximum Gasteiger partial charge on any atom is 0.347 e. The number of carboxylic acids is 1. The molecule has 0 saturated carbocycles. The Bertz CT molecular complexity index is 905. The minimum absolute atomic E-state index is 0.219. The van der Waals surface area contributed by atoms with Crippen molar-refractivity contribution in [1.29, 1.82) is 0 Å². The number of carbonyl (C=O) groups is 1. The predicted octanol–water partition coefficient (Wildman–Crippen LogP) is 2.16. The second kappa shape index (κ2) is 4.68. The molecule has 3 aromatic rings. The number of thiazole rings is 1. The van der Waals surface area contributed by atoms with Crippen LogP contribution in [0.1, 0.15) is 9.67 Å². The van der Waals surface area contributed by atoms with Gasteiger partial charge < -0.3 is 5.11 Å². The molecule has 2 aromatic heterocycles. The van der Waals surface area contributed by atoms with Crippen molar-refractivity contribution in [2.75, 3.05) is 6.26 Å². The van der Waals surface area contributed by atoms with Gasteiger partial charge in [-0.1, -0.05) is 23.5 Å².